The smallest absolute Gasteiger partial charge is 0.162 e. The Morgan fingerprint density at radius 2 is 1.84 bits per heavy atom. The molecular formula is C13H8Cl3IN2. The van der Waals surface area contributed by atoms with E-state index >= 15 is 0 Å². The number of benzene rings is 1. The Bertz CT molecular complexity index is 657. The minimum Gasteiger partial charge on any atom is -0.232 e. The van der Waals surface area contributed by atoms with Crippen LogP contribution >= 0.6 is 57.4 Å². The average molecular weight is 425 g/mol. The molecule has 0 amide bonds. The summed E-state index contributed by atoms with van der Waals surface area (Å²) in [7, 11) is 0. The summed E-state index contributed by atoms with van der Waals surface area (Å²) in [4.78, 5) is 8.95. The van der Waals surface area contributed by atoms with Crippen molar-refractivity contribution in [3.05, 3.63) is 42.7 Å². The van der Waals surface area contributed by atoms with Gasteiger partial charge in [-0.2, -0.15) is 0 Å². The van der Waals surface area contributed by atoms with Crippen LogP contribution in [0.2, 0.25) is 15.2 Å². The summed E-state index contributed by atoms with van der Waals surface area (Å²) in [6.45, 7) is 0. The van der Waals surface area contributed by atoms with Gasteiger partial charge in [-0.15, -0.1) is 0 Å². The zero-order chi connectivity index (χ0) is 13.6. The van der Waals surface area contributed by atoms with E-state index in [1.54, 1.807) is 12.1 Å². The van der Waals surface area contributed by atoms with Gasteiger partial charge < -0.3 is 0 Å². The Balaban J connectivity index is 2.14. The number of hydrogen-bond acceptors (Lipinski definition) is 2. The molecule has 0 saturated heterocycles. The molecule has 1 saturated carbocycles. The summed E-state index contributed by atoms with van der Waals surface area (Å²) in [6.07, 6.45) is 2.33. The second-order valence-corrected chi connectivity index (χ2v) is 6.72. The zero-order valence-corrected chi connectivity index (χ0v) is 14.1. The summed E-state index contributed by atoms with van der Waals surface area (Å²) in [5.74, 6) is 1.08. The van der Waals surface area contributed by atoms with E-state index in [1.165, 1.54) is 0 Å². The largest absolute Gasteiger partial charge is 0.232 e. The minimum atomic E-state index is 0.485. The van der Waals surface area contributed by atoms with E-state index in [0.29, 0.717) is 26.9 Å². The van der Waals surface area contributed by atoms with E-state index in [2.05, 4.69) is 32.6 Å². The van der Waals surface area contributed by atoms with Crippen LogP contribution in [0.15, 0.2) is 18.2 Å². The van der Waals surface area contributed by atoms with Crippen LogP contribution in [0.1, 0.15) is 24.5 Å². The Kier molecular flexibility index (Phi) is 3.91. The van der Waals surface area contributed by atoms with Crippen LogP contribution in [0.3, 0.4) is 0 Å². The van der Waals surface area contributed by atoms with Gasteiger partial charge in [-0.25, -0.2) is 9.97 Å². The number of aromatic nitrogens is 2. The molecule has 0 bridgehead atoms. The third kappa shape index (κ3) is 2.84. The summed E-state index contributed by atoms with van der Waals surface area (Å²) in [6, 6.07) is 5.28. The normalized spacial score (nSPS) is 14.7. The van der Waals surface area contributed by atoms with Gasteiger partial charge in [0.25, 0.3) is 0 Å². The number of halogens is 4. The van der Waals surface area contributed by atoms with Crippen LogP contribution in [0.25, 0.3) is 11.4 Å². The maximum Gasteiger partial charge on any atom is 0.162 e. The fraction of sp³-hybridized carbons (Fsp3) is 0.231. The third-order valence-corrected chi connectivity index (χ3v) is 5.18. The molecule has 3 rings (SSSR count). The van der Waals surface area contributed by atoms with Crippen molar-refractivity contribution in [3.63, 3.8) is 0 Å². The number of rotatable bonds is 2. The summed E-state index contributed by atoms with van der Waals surface area (Å²) < 4.78 is 0.940. The topological polar surface area (TPSA) is 25.8 Å². The highest BCUT2D eigenvalue weighted by atomic mass is 127. The molecule has 0 atom stereocenters. The van der Waals surface area contributed by atoms with Crippen molar-refractivity contribution in [3.8, 4) is 11.4 Å². The lowest BCUT2D eigenvalue weighted by Crippen LogP contribution is -1.99. The molecule has 0 radical (unpaired) electrons. The van der Waals surface area contributed by atoms with Gasteiger partial charge in [0.15, 0.2) is 5.82 Å². The van der Waals surface area contributed by atoms with Crippen LogP contribution in [0, 0.1) is 3.57 Å². The van der Waals surface area contributed by atoms with E-state index in [4.69, 9.17) is 34.8 Å². The van der Waals surface area contributed by atoms with Crippen molar-refractivity contribution >= 4 is 57.4 Å². The SMILES string of the molecule is Clc1ccc(-c2nc(Cl)c(I)c(C3CC3)n2)c(Cl)c1. The fourth-order valence-electron chi connectivity index (χ4n) is 1.85. The lowest BCUT2D eigenvalue weighted by Gasteiger charge is -2.09. The Morgan fingerprint density at radius 3 is 2.47 bits per heavy atom. The number of hydrogen-bond donors (Lipinski definition) is 0. The molecule has 1 aliphatic carbocycles. The zero-order valence-electron chi connectivity index (χ0n) is 9.63. The summed E-state index contributed by atoms with van der Waals surface area (Å²) in [5, 5.41) is 1.61. The first-order valence-corrected chi connectivity index (χ1v) is 7.96. The molecule has 2 nitrogen and oxygen atoms in total. The van der Waals surface area contributed by atoms with Crippen LogP contribution in [-0.4, -0.2) is 9.97 Å². The van der Waals surface area contributed by atoms with Gasteiger partial charge in [0.05, 0.1) is 14.3 Å². The highest BCUT2D eigenvalue weighted by Gasteiger charge is 2.29. The highest BCUT2D eigenvalue weighted by molar-refractivity contribution is 14.1. The molecule has 1 aromatic carbocycles. The second-order valence-electron chi connectivity index (χ2n) is 4.44. The third-order valence-electron chi connectivity index (χ3n) is 2.97. The predicted octanol–water partition coefficient (Wildman–Crippen LogP) is 5.59. The second kappa shape index (κ2) is 5.35. The van der Waals surface area contributed by atoms with E-state index < -0.39 is 0 Å². The van der Waals surface area contributed by atoms with Gasteiger partial charge >= 0.3 is 0 Å². The lowest BCUT2D eigenvalue weighted by molar-refractivity contribution is 0.978. The molecule has 98 valence electrons. The first-order valence-electron chi connectivity index (χ1n) is 5.74. The molecule has 0 N–H and O–H groups in total. The Morgan fingerprint density at radius 1 is 1.11 bits per heavy atom. The highest BCUT2D eigenvalue weighted by Crippen LogP contribution is 2.43. The lowest BCUT2D eigenvalue weighted by atomic mass is 10.2. The van der Waals surface area contributed by atoms with Gasteiger partial charge in [0.2, 0.25) is 0 Å². The van der Waals surface area contributed by atoms with Gasteiger partial charge in [0.1, 0.15) is 5.15 Å². The maximum atomic E-state index is 6.20. The Labute approximate surface area is 139 Å². The van der Waals surface area contributed by atoms with Gasteiger partial charge in [-0.3, -0.25) is 0 Å². The van der Waals surface area contributed by atoms with Crippen LogP contribution < -0.4 is 0 Å². The number of nitrogens with zero attached hydrogens (tertiary/aromatic N) is 2. The summed E-state index contributed by atoms with van der Waals surface area (Å²) in [5.41, 5.74) is 1.79. The quantitative estimate of drug-likeness (QED) is 0.463. The monoisotopic (exact) mass is 424 g/mol. The summed E-state index contributed by atoms with van der Waals surface area (Å²) >= 11 is 20.5. The van der Waals surface area contributed by atoms with E-state index in [9.17, 15) is 0 Å². The molecular weight excluding hydrogens is 417 g/mol. The first-order chi connectivity index (χ1) is 9.06. The van der Waals surface area contributed by atoms with Crippen molar-refractivity contribution in [2.24, 2.45) is 0 Å². The van der Waals surface area contributed by atoms with Crippen LogP contribution in [-0.2, 0) is 0 Å². The molecule has 6 heteroatoms. The van der Waals surface area contributed by atoms with Gasteiger partial charge in [-0.05, 0) is 53.6 Å². The standard InChI is InChI=1S/C13H8Cl3IN2/c14-7-3-4-8(9(15)5-7)13-18-11(6-1-2-6)10(17)12(16)19-13/h3-6H,1-2H2. The average Bonchev–Trinajstić information content (AvgIpc) is 3.17. The molecule has 2 aromatic rings. The first kappa shape index (κ1) is 13.9. The molecule has 0 aliphatic heterocycles. The maximum absolute atomic E-state index is 6.20. The van der Waals surface area contributed by atoms with Gasteiger partial charge in [-0.1, -0.05) is 34.8 Å². The molecule has 19 heavy (non-hydrogen) atoms. The van der Waals surface area contributed by atoms with Crippen molar-refractivity contribution < 1.29 is 0 Å². The van der Waals surface area contributed by atoms with Crippen LogP contribution in [0.4, 0.5) is 0 Å². The molecule has 1 heterocycles. The molecule has 0 unspecified atom stereocenters. The van der Waals surface area contributed by atoms with Crippen LogP contribution in [0.5, 0.6) is 0 Å². The van der Waals surface area contributed by atoms with Crippen molar-refractivity contribution in [2.75, 3.05) is 0 Å². The predicted molar refractivity (Wildman–Crippen MR) is 87.2 cm³/mol. The van der Waals surface area contributed by atoms with Crippen molar-refractivity contribution in [2.45, 2.75) is 18.8 Å². The Hall–Kier alpha value is -0.100. The fourth-order valence-corrected chi connectivity index (χ4v) is 3.21. The van der Waals surface area contributed by atoms with E-state index in [-0.39, 0.29) is 0 Å². The molecule has 1 aromatic heterocycles. The van der Waals surface area contributed by atoms with E-state index in [0.717, 1.165) is 27.7 Å². The minimum absolute atomic E-state index is 0.485. The molecule has 1 aliphatic rings. The van der Waals surface area contributed by atoms with E-state index in [1.807, 2.05) is 6.07 Å². The molecule has 0 spiro atoms. The van der Waals surface area contributed by atoms with Crippen molar-refractivity contribution in [1.29, 1.82) is 0 Å². The molecule has 1 fully saturated rings. The van der Waals surface area contributed by atoms with Crippen molar-refractivity contribution in [1.82, 2.24) is 9.97 Å². The van der Waals surface area contributed by atoms with Gasteiger partial charge in [0, 0.05) is 16.5 Å².